The van der Waals surface area contributed by atoms with Gasteiger partial charge in [0, 0.05) is 22.5 Å². The Balaban J connectivity index is 1.73. The SMILES string of the molecule is CCC[C@H]1CC[C@H](c2ccc3c(c2N)C(=O)c2ccc(C)c(N)c2C3=O)CC1. The monoisotopic (exact) mass is 376 g/mol. The summed E-state index contributed by atoms with van der Waals surface area (Å²) >= 11 is 0. The third kappa shape index (κ3) is 2.83. The number of anilines is 2. The smallest absolute Gasteiger partial charge is 0.196 e. The fourth-order valence-corrected chi connectivity index (χ4v) is 5.02. The second-order valence-electron chi connectivity index (χ2n) is 8.37. The van der Waals surface area contributed by atoms with Crippen LogP contribution >= 0.6 is 0 Å². The van der Waals surface area contributed by atoms with E-state index in [9.17, 15) is 9.59 Å². The quantitative estimate of drug-likeness (QED) is 0.629. The molecule has 2 aliphatic carbocycles. The van der Waals surface area contributed by atoms with Crippen LogP contribution in [0.25, 0.3) is 0 Å². The molecule has 0 aliphatic heterocycles. The minimum atomic E-state index is -0.198. The van der Waals surface area contributed by atoms with Crippen molar-refractivity contribution >= 4 is 22.9 Å². The lowest BCUT2D eigenvalue weighted by Gasteiger charge is -2.30. The highest BCUT2D eigenvalue weighted by Crippen LogP contribution is 2.43. The van der Waals surface area contributed by atoms with Gasteiger partial charge in [-0.25, -0.2) is 0 Å². The third-order valence-corrected chi connectivity index (χ3v) is 6.67. The predicted octanol–water partition coefficient (Wildman–Crippen LogP) is 5.01. The first-order valence-corrected chi connectivity index (χ1v) is 10.3. The van der Waals surface area contributed by atoms with E-state index in [-0.39, 0.29) is 11.6 Å². The van der Waals surface area contributed by atoms with Crippen molar-refractivity contribution in [2.45, 2.75) is 58.3 Å². The van der Waals surface area contributed by atoms with Crippen molar-refractivity contribution in [3.05, 3.63) is 57.6 Å². The second-order valence-corrected chi connectivity index (χ2v) is 8.37. The number of rotatable bonds is 3. The van der Waals surface area contributed by atoms with Gasteiger partial charge in [-0.15, -0.1) is 0 Å². The van der Waals surface area contributed by atoms with E-state index in [0.29, 0.717) is 39.5 Å². The molecule has 1 fully saturated rings. The highest BCUT2D eigenvalue weighted by atomic mass is 16.1. The van der Waals surface area contributed by atoms with E-state index in [0.717, 1.165) is 29.9 Å². The Hall–Kier alpha value is -2.62. The van der Waals surface area contributed by atoms with E-state index in [1.165, 1.54) is 25.7 Å². The van der Waals surface area contributed by atoms with Crippen molar-refractivity contribution in [1.29, 1.82) is 0 Å². The van der Waals surface area contributed by atoms with Gasteiger partial charge in [0.05, 0.1) is 11.1 Å². The van der Waals surface area contributed by atoms with Crippen LogP contribution in [0.5, 0.6) is 0 Å². The molecule has 0 radical (unpaired) electrons. The van der Waals surface area contributed by atoms with Gasteiger partial charge in [0.25, 0.3) is 0 Å². The van der Waals surface area contributed by atoms with Crippen molar-refractivity contribution in [2.75, 3.05) is 11.5 Å². The molecule has 4 N–H and O–H groups in total. The summed E-state index contributed by atoms with van der Waals surface area (Å²) in [6.07, 6.45) is 7.13. The largest absolute Gasteiger partial charge is 0.398 e. The summed E-state index contributed by atoms with van der Waals surface area (Å²) in [5.74, 6) is 0.790. The standard InChI is InChI=1S/C24H28N2O2/c1-3-4-14-6-8-15(9-7-14)16-11-12-18-20(22(16)26)24(28)17-10-5-13(2)21(25)19(17)23(18)27/h5,10-12,14-15H,3-4,6-9,25-26H2,1-2H3/t14-,15-. The minimum absolute atomic E-state index is 0.185. The number of fused-ring (bicyclic) bond motifs is 2. The molecule has 2 aromatic rings. The van der Waals surface area contributed by atoms with Crippen LogP contribution in [0.3, 0.4) is 0 Å². The maximum absolute atomic E-state index is 13.2. The molecule has 2 aliphatic rings. The number of benzene rings is 2. The van der Waals surface area contributed by atoms with E-state index in [2.05, 4.69) is 6.92 Å². The van der Waals surface area contributed by atoms with Crippen molar-refractivity contribution < 1.29 is 9.59 Å². The third-order valence-electron chi connectivity index (χ3n) is 6.67. The molecule has 2 aromatic carbocycles. The Morgan fingerprint density at radius 1 is 0.857 bits per heavy atom. The number of carbonyl (C=O) groups is 2. The minimum Gasteiger partial charge on any atom is -0.398 e. The van der Waals surface area contributed by atoms with E-state index in [4.69, 9.17) is 11.5 Å². The number of aryl methyl sites for hydroxylation is 1. The lowest BCUT2D eigenvalue weighted by atomic mass is 9.74. The van der Waals surface area contributed by atoms with Crippen LogP contribution in [0.15, 0.2) is 24.3 Å². The molecular weight excluding hydrogens is 348 g/mol. The number of carbonyl (C=O) groups excluding carboxylic acids is 2. The molecular formula is C24H28N2O2. The number of nitrogen functional groups attached to an aromatic ring is 2. The number of hydrogen-bond donors (Lipinski definition) is 2. The molecule has 0 saturated heterocycles. The van der Waals surface area contributed by atoms with Crippen molar-refractivity contribution in [3.8, 4) is 0 Å². The Morgan fingerprint density at radius 3 is 2.04 bits per heavy atom. The van der Waals surface area contributed by atoms with Crippen LogP contribution in [0, 0.1) is 12.8 Å². The highest BCUT2D eigenvalue weighted by Gasteiger charge is 2.35. The molecule has 0 spiro atoms. The molecule has 0 aromatic heterocycles. The van der Waals surface area contributed by atoms with E-state index in [1.807, 2.05) is 13.0 Å². The molecule has 4 nitrogen and oxygen atoms in total. The van der Waals surface area contributed by atoms with Gasteiger partial charge in [-0.2, -0.15) is 0 Å². The van der Waals surface area contributed by atoms with Crippen molar-refractivity contribution in [3.63, 3.8) is 0 Å². The van der Waals surface area contributed by atoms with Crippen LogP contribution < -0.4 is 11.5 Å². The Morgan fingerprint density at radius 2 is 1.43 bits per heavy atom. The van der Waals surface area contributed by atoms with Crippen molar-refractivity contribution in [1.82, 2.24) is 0 Å². The first-order chi connectivity index (χ1) is 13.4. The predicted molar refractivity (Wildman–Crippen MR) is 113 cm³/mol. The molecule has 146 valence electrons. The van der Waals surface area contributed by atoms with E-state index >= 15 is 0 Å². The zero-order chi connectivity index (χ0) is 20.0. The van der Waals surface area contributed by atoms with Gasteiger partial charge in [-0.3, -0.25) is 9.59 Å². The summed E-state index contributed by atoms with van der Waals surface area (Å²) in [5.41, 5.74) is 16.8. The molecule has 28 heavy (non-hydrogen) atoms. The van der Waals surface area contributed by atoms with Crippen LogP contribution in [0.4, 0.5) is 11.4 Å². The first-order valence-electron chi connectivity index (χ1n) is 10.3. The zero-order valence-corrected chi connectivity index (χ0v) is 16.7. The average Bonchev–Trinajstić information content (AvgIpc) is 2.69. The van der Waals surface area contributed by atoms with Gasteiger partial charge in [-0.1, -0.05) is 31.9 Å². The summed E-state index contributed by atoms with van der Waals surface area (Å²) in [6, 6.07) is 7.23. The highest BCUT2D eigenvalue weighted by molar-refractivity contribution is 6.31. The number of nitrogens with two attached hydrogens (primary N) is 2. The maximum atomic E-state index is 13.2. The number of hydrogen-bond acceptors (Lipinski definition) is 4. The van der Waals surface area contributed by atoms with Gasteiger partial charge >= 0.3 is 0 Å². The van der Waals surface area contributed by atoms with Gasteiger partial charge in [0.2, 0.25) is 0 Å². The lowest BCUT2D eigenvalue weighted by Crippen LogP contribution is -2.25. The van der Waals surface area contributed by atoms with Gasteiger partial charge in [-0.05, 0) is 67.7 Å². The normalized spacial score (nSPS) is 21.4. The second kappa shape index (κ2) is 7.08. The molecule has 0 heterocycles. The molecule has 0 amide bonds. The molecule has 0 bridgehead atoms. The maximum Gasteiger partial charge on any atom is 0.196 e. The first kappa shape index (κ1) is 18.7. The molecule has 4 heteroatoms. The van der Waals surface area contributed by atoms with Gasteiger partial charge in [0.1, 0.15) is 0 Å². The van der Waals surface area contributed by atoms with Crippen LogP contribution in [0.1, 0.15) is 94.3 Å². The van der Waals surface area contributed by atoms with Crippen LogP contribution in [-0.4, -0.2) is 11.6 Å². The average molecular weight is 377 g/mol. The summed E-state index contributed by atoms with van der Waals surface area (Å²) in [7, 11) is 0. The summed E-state index contributed by atoms with van der Waals surface area (Å²) in [4.78, 5) is 26.3. The fraction of sp³-hybridized carbons (Fsp3) is 0.417. The number of ketones is 2. The van der Waals surface area contributed by atoms with Gasteiger partial charge in [0.15, 0.2) is 11.6 Å². The summed E-state index contributed by atoms with van der Waals surface area (Å²) in [5, 5.41) is 0. The zero-order valence-electron chi connectivity index (χ0n) is 16.7. The van der Waals surface area contributed by atoms with Crippen molar-refractivity contribution in [2.24, 2.45) is 5.92 Å². The Bertz CT molecular complexity index is 969. The lowest BCUT2D eigenvalue weighted by molar-refractivity contribution is 0.0980. The molecule has 0 unspecified atom stereocenters. The van der Waals surface area contributed by atoms with Crippen LogP contribution in [0.2, 0.25) is 0 Å². The van der Waals surface area contributed by atoms with Crippen LogP contribution in [-0.2, 0) is 0 Å². The van der Waals surface area contributed by atoms with E-state index in [1.54, 1.807) is 18.2 Å². The van der Waals surface area contributed by atoms with E-state index < -0.39 is 0 Å². The topological polar surface area (TPSA) is 86.2 Å². The fourth-order valence-electron chi connectivity index (χ4n) is 5.02. The Labute approximate surface area is 166 Å². The molecule has 0 atom stereocenters. The Kier molecular flexibility index (Phi) is 4.74. The van der Waals surface area contributed by atoms with Gasteiger partial charge < -0.3 is 11.5 Å². The molecule has 1 saturated carbocycles. The summed E-state index contributed by atoms with van der Waals surface area (Å²) < 4.78 is 0. The molecule has 4 rings (SSSR count). The summed E-state index contributed by atoms with van der Waals surface area (Å²) in [6.45, 7) is 4.08.